The highest BCUT2D eigenvalue weighted by atomic mass is 35.5. The van der Waals surface area contributed by atoms with Crippen LogP contribution in [0.3, 0.4) is 0 Å². The maximum Gasteiger partial charge on any atom is 0.300 e. The van der Waals surface area contributed by atoms with Gasteiger partial charge in [-0.1, -0.05) is 23.7 Å². The van der Waals surface area contributed by atoms with E-state index < -0.39 is 5.91 Å². The fourth-order valence-electron chi connectivity index (χ4n) is 8.97. The number of nitrogens with zero attached hydrogens (tertiary/aromatic N) is 13. The number of ether oxygens (including phenoxy) is 1. The molecule has 8 aromatic heterocycles. The molecule has 4 N–H and O–H groups in total. The van der Waals surface area contributed by atoms with Crippen LogP contribution in [0.5, 0.6) is 0 Å². The minimum absolute atomic E-state index is 0.0560. The number of aliphatic hydroxyl groups is 1. The van der Waals surface area contributed by atoms with Crippen LogP contribution in [0, 0.1) is 0 Å². The summed E-state index contributed by atoms with van der Waals surface area (Å²) >= 11 is 6.36. The van der Waals surface area contributed by atoms with E-state index in [0.717, 1.165) is 43.6 Å². The van der Waals surface area contributed by atoms with Gasteiger partial charge in [0.1, 0.15) is 22.6 Å². The summed E-state index contributed by atoms with van der Waals surface area (Å²) in [6.45, 7) is 4.51. The predicted octanol–water partition coefficient (Wildman–Crippen LogP) is 4.57. The van der Waals surface area contributed by atoms with Gasteiger partial charge in [0.15, 0.2) is 11.2 Å². The fraction of sp³-hybridized carbons (Fsp3) is 0.333. The highest BCUT2D eigenvalue weighted by molar-refractivity contribution is 6.33. The number of morpholine rings is 1. The van der Waals surface area contributed by atoms with Gasteiger partial charge in [0.05, 0.1) is 72.9 Å². The topological polar surface area (TPSA) is 249 Å². The first-order valence-electron chi connectivity index (χ1n) is 22.1. The van der Waals surface area contributed by atoms with E-state index in [-0.39, 0.29) is 64.5 Å². The molecule has 22 nitrogen and oxygen atoms in total. The number of fused-ring (bicyclic) bond motifs is 2. The fourth-order valence-corrected chi connectivity index (χ4v) is 9.19. The van der Waals surface area contributed by atoms with Gasteiger partial charge >= 0.3 is 0 Å². The lowest BCUT2D eigenvalue weighted by atomic mass is 9.87. The third-order valence-electron chi connectivity index (χ3n) is 12.5. The number of rotatable bonds is 13. The van der Waals surface area contributed by atoms with E-state index >= 15 is 0 Å². The zero-order valence-corrected chi connectivity index (χ0v) is 37.7. The summed E-state index contributed by atoms with van der Waals surface area (Å²) in [6, 6.07) is 14.5. The molecule has 3 aliphatic heterocycles. The molecule has 68 heavy (non-hydrogen) atoms. The summed E-state index contributed by atoms with van der Waals surface area (Å²) in [5.41, 5.74) is 4.61. The first-order chi connectivity index (χ1) is 33.1. The molecule has 0 saturated carbocycles. The number of aryl methyl sites for hydroxylation is 1. The van der Waals surface area contributed by atoms with E-state index in [1.54, 1.807) is 46.0 Å². The summed E-state index contributed by atoms with van der Waals surface area (Å²) < 4.78 is 21.7. The maximum absolute atomic E-state index is 14.2. The van der Waals surface area contributed by atoms with Gasteiger partial charge in [-0.3, -0.25) is 23.9 Å². The van der Waals surface area contributed by atoms with Crippen molar-refractivity contribution < 1.29 is 28.3 Å². The Morgan fingerprint density at radius 2 is 1.53 bits per heavy atom. The molecular formula is C45H45ClN16O6. The molecule has 348 valence electrons. The average Bonchev–Trinajstić information content (AvgIpc) is 4.19. The number of oxazole rings is 2. The van der Waals surface area contributed by atoms with Crippen LogP contribution in [0.15, 0.2) is 82.2 Å². The highest BCUT2D eigenvalue weighted by Crippen LogP contribution is 2.40. The number of hydrogen-bond acceptors (Lipinski definition) is 18. The Labute approximate surface area is 392 Å². The summed E-state index contributed by atoms with van der Waals surface area (Å²) in [5, 5.41) is 26.5. The number of amides is 2. The molecule has 0 aromatic carbocycles. The number of halogens is 1. The Morgan fingerprint density at radius 1 is 0.824 bits per heavy atom. The second-order valence-electron chi connectivity index (χ2n) is 17.1. The molecule has 1 spiro atoms. The Hall–Kier alpha value is -7.53. The second kappa shape index (κ2) is 17.6. The van der Waals surface area contributed by atoms with Crippen molar-refractivity contribution in [2.45, 2.75) is 31.0 Å². The van der Waals surface area contributed by atoms with Gasteiger partial charge in [0.25, 0.3) is 23.8 Å². The molecule has 1 atom stereocenters. The third kappa shape index (κ3) is 8.42. The van der Waals surface area contributed by atoms with Crippen molar-refractivity contribution in [3.8, 4) is 22.5 Å². The van der Waals surface area contributed by atoms with Crippen molar-refractivity contribution in [1.29, 1.82) is 0 Å². The molecule has 8 aromatic rings. The van der Waals surface area contributed by atoms with Crippen LogP contribution in [-0.2, 0) is 18.3 Å². The molecule has 3 aliphatic rings. The Balaban J connectivity index is 0.778. The number of aliphatic hydroxyl groups excluding tert-OH is 1. The molecule has 23 heteroatoms. The SMILES string of the molecule is CN1CCCC12CN(c1nc3nc(N4CCOC(Cn5cc(-c6cccc(NC(=O)c7cc8oc(NCCO)nc8nc7Cl)n6)cn5)C4)oc3cc1C(=O)Nc1cccc(-c3cnn(C)c3)n1)C2. The molecule has 2 amide bonds. The molecule has 0 radical (unpaired) electrons. The molecule has 11 heterocycles. The summed E-state index contributed by atoms with van der Waals surface area (Å²) in [6.07, 6.45) is 9.13. The zero-order valence-electron chi connectivity index (χ0n) is 37.0. The number of likely N-dealkylation sites (N-methyl/N-ethyl adjacent to an activating group) is 1. The molecule has 3 fully saturated rings. The number of carbonyl (C=O) groups excluding carboxylic acids is 2. The lowest BCUT2D eigenvalue weighted by molar-refractivity contribution is 0.0259. The molecule has 3 saturated heterocycles. The standard InChI is InChI=1S/C45H45ClN16O6/c1-58-12-5-10-45(58)24-61(25-45)40-30(42(65)53-36-9-3-6-31(50-36)26-18-48-59(2)20-26)17-34-39(55-40)57-44(68-34)60-13-15-66-28(22-60)23-62-21-27(19-49-62)32-7-4-8-35(51-32)52-41(64)29-16-33-38(54-37(29)46)56-43(67-33)47-11-14-63/h3-4,6-9,16-21,28,63H,5,10-15,22-25H2,1-2H3,(H,47,54,56)(H,50,53,65)(H,51,52,64). The van der Waals surface area contributed by atoms with Gasteiger partial charge in [0, 0.05) is 68.9 Å². The van der Waals surface area contributed by atoms with Crippen molar-refractivity contribution in [2.75, 3.05) is 85.3 Å². The van der Waals surface area contributed by atoms with Crippen molar-refractivity contribution in [1.82, 2.24) is 54.4 Å². The van der Waals surface area contributed by atoms with E-state index in [0.29, 0.717) is 72.1 Å². The lowest BCUT2D eigenvalue weighted by Crippen LogP contribution is -2.67. The summed E-state index contributed by atoms with van der Waals surface area (Å²) in [4.78, 5) is 61.6. The van der Waals surface area contributed by atoms with E-state index in [4.69, 9.17) is 45.2 Å². The largest absolute Gasteiger partial charge is 0.422 e. The smallest absolute Gasteiger partial charge is 0.300 e. The quantitative estimate of drug-likeness (QED) is 0.116. The van der Waals surface area contributed by atoms with Gasteiger partial charge in [-0.2, -0.15) is 20.2 Å². The van der Waals surface area contributed by atoms with E-state index in [2.05, 4.69) is 57.9 Å². The number of anilines is 5. The molecule has 0 bridgehead atoms. The van der Waals surface area contributed by atoms with Crippen LogP contribution in [0.2, 0.25) is 5.15 Å². The Morgan fingerprint density at radius 3 is 2.25 bits per heavy atom. The minimum atomic E-state index is -0.538. The monoisotopic (exact) mass is 940 g/mol. The zero-order chi connectivity index (χ0) is 46.5. The first kappa shape index (κ1) is 43.1. The summed E-state index contributed by atoms with van der Waals surface area (Å²) in [5.74, 6) is 0.351. The van der Waals surface area contributed by atoms with Crippen molar-refractivity contribution in [3.05, 3.63) is 89.6 Å². The normalized spacial score (nSPS) is 17.0. The van der Waals surface area contributed by atoms with Crippen LogP contribution < -0.4 is 25.8 Å². The predicted molar refractivity (Wildman–Crippen MR) is 251 cm³/mol. The van der Waals surface area contributed by atoms with E-state index in [1.165, 1.54) is 6.07 Å². The lowest BCUT2D eigenvalue weighted by Gasteiger charge is -2.52. The molecule has 0 aliphatic carbocycles. The average molecular weight is 941 g/mol. The van der Waals surface area contributed by atoms with Crippen LogP contribution in [-0.4, -0.2) is 142 Å². The molecule has 11 rings (SSSR count). The van der Waals surface area contributed by atoms with Gasteiger partial charge in [-0.15, -0.1) is 0 Å². The van der Waals surface area contributed by atoms with Crippen LogP contribution >= 0.6 is 11.6 Å². The minimum Gasteiger partial charge on any atom is -0.422 e. The van der Waals surface area contributed by atoms with Gasteiger partial charge in [-0.25, -0.2) is 19.9 Å². The third-order valence-corrected chi connectivity index (χ3v) is 12.8. The van der Waals surface area contributed by atoms with E-state index in [1.807, 2.05) is 42.5 Å². The van der Waals surface area contributed by atoms with Crippen molar-refractivity contribution in [2.24, 2.45) is 7.05 Å². The number of hydrogen-bond donors (Lipinski definition) is 4. The van der Waals surface area contributed by atoms with Crippen molar-refractivity contribution >= 4 is 75.4 Å². The van der Waals surface area contributed by atoms with Crippen molar-refractivity contribution in [3.63, 3.8) is 0 Å². The highest BCUT2D eigenvalue weighted by Gasteiger charge is 2.50. The summed E-state index contributed by atoms with van der Waals surface area (Å²) in [7, 11) is 4.01. The number of aromatic nitrogens is 10. The maximum atomic E-state index is 14.2. The molecular weight excluding hydrogens is 896 g/mol. The van der Waals surface area contributed by atoms with E-state index in [9.17, 15) is 9.59 Å². The van der Waals surface area contributed by atoms with Gasteiger partial charge in [0.2, 0.25) is 11.3 Å². The van der Waals surface area contributed by atoms with Crippen LogP contribution in [0.4, 0.5) is 29.5 Å². The number of nitrogens with one attached hydrogen (secondary N) is 3. The van der Waals surface area contributed by atoms with Crippen LogP contribution in [0.25, 0.3) is 45.0 Å². The van der Waals surface area contributed by atoms with Crippen LogP contribution in [0.1, 0.15) is 33.6 Å². The Bertz CT molecular complexity index is 3200. The first-order valence-corrected chi connectivity index (χ1v) is 22.5. The second-order valence-corrected chi connectivity index (χ2v) is 17.5. The number of pyridine rings is 4. The van der Waals surface area contributed by atoms with Gasteiger partial charge in [-0.05, 0) is 50.7 Å². The number of carbonyl (C=O) groups is 2. The van der Waals surface area contributed by atoms with Gasteiger partial charge < -0.3 is 44.4 Å². The Kier molecular flexibility index (Phi) is 11.1. The molecule has 1 unspecified atom stereocenters. The number of likely N-dealkylation sites (tertiary alicyclic amines) is 1.